The molecule has 2 aliphatic rings. The number of fused-ring (bicyclic) bond motifs is 3. The Morgan fingerprint density at radius 3 is 2.87 bits per heavy atom. The molecule has 0 saturated carbocycles. The number of para-hydroxylation sites is 1. The maximum absolute atomic E-state index is 13.0. The molecule has 5 rings (SSSR count). The van der Waals surface area contributed by atoms with Crippen LogP contribution in [0.15, 0.2) is 30.5 Å². The number of H-pyrrole nitrogens is 1. The van der Waals surface area contributed by atoms with E-state index in [1.54, 1.807) is 0 Å². The van der Waals surface area contributed by atoms with E-state index in [0.717, 1.165) is 47.1 Å². The second-order valence-corrected chi connectivity index (χ2v) is 8.31. The minimum Gasteiger partial charge on any atom is -0.368 e. The van der Waals surface area contributed by atoms with E-state index >= 15 is 0 Å². The lowest BCUT2D eigenvalue weighted by atomic mass is 9.83. The average Bonchev–Trinajstić information content (AvgIpc) is 3.17. The fourth-order valence-electron chi connectivity index (χ4n) is 4.53. The number of hydrogen-bond donors (Lipinski definition) is 1. The van der Waals surface area contributed by atoms with Gasteiger partial charge in [-0.05, 0) is 30.9 Å². The van der Waals surface area contributed by atoms with Gasteiger partial charge in [0.05, 0.1) is 29.9 Å². The zero-order chi connectivity index (χ0) is 20.7. The third kappa shape index (κ3) is 3.21. The Kier molecular flexibility index (Phi) is 4.66. The minimum atomic E-state index is -0.418. The van der Waals surface area contributed by atoms with Crippen molar-refractivity contribution in [3.63, 3.8) is 0 Å². The lowest BCUT2D eigenvalue weighted by molar-refractivity contribution is -0.140. The summed E-state index contributed by atoms with van der Waals surface area (Å²) in [5.41, 5.74) is 3.51. The molecular formula is C22H26N6O2. The third-order valence-electron chi connectivity index (χ3n) is 6.23. The van der Waals surface area contributed by atoms with Crippen LogP contribution in [0.1, 0.15) is 29.8 Å². The van der Waals surface area contributed by atoms with Gasteiger partial charge in [-0.1, -0.05) is 18.2 Å². The number of hydrogen-bond acceptors (Lipinski definition) is 6. The van der Waals surface area contributed by atoms with Crippen LogP contribution in [0.4, 0.5) is 5.95 Å². The van der Waals surface area contributed by atoms with Crippen molar-refractivity contribution in [2.75, 3.05) is 38.7 Å². The van der Waals surface area contributed by atoms with Gasteiger partial charge in [0.15, 0.2) is 0 Å². The zero-order valence-electron chi connectivity index (χ0n) is 17.4. The number of nitrogens with zero attached hydrogens (tertiary/aromatic N) is 5. The number of benzene rings is 1. The molecule has 0 aliphatic carbocycles. The summed E-state index contributed by atoms with van der Waals surface area (Å²) < 4.78 is 6.30. The van der Waals surface area contributed by atoms with Crippen LogP contribution < -0.4 is 4.90 Å². The molecule has 1 amide bonds. The number of aromatic nitrogens is 4. The topological polar surface area (TPSA) is 87.2 Å². The van der Waals surface area contributed by atoms with Crippen molar-refractivity contribution in [2.45, 2.75) is 31.3 Å². The highest BCUT2D eigenvalue weighted by Crippen LogP contribution is 2.40. The Labute approximate surface area is 175 Å². The molecule has 0 atom stereocenters. The number of aromatic amines is 1. The first-order valence-electron chi connectivity index (χ1n) is 10.4. The predicted molar refractivity (Wildman–Crippen MR) is 113 cm³/mol. The van der Waals surface area contributed by atoms with Gasteiger partial charge in [-0.3, -0.25) is 9.89 Å². The molecule has 3 aromatic rings. The number of anilines is 1. The fourth-order valence-corrected chi connectivity index (χ4v) is 4.53. The smallest absolute Gasteiger partial charge is 0.228 e. The average molecular weight is 406 g/mol. The lowest BCUT2D eigenvalue weighted by Gasteiger charge is -2.44. The van der Waals surface area contributed by atoms with E-state index in [0.29, 0.717) is 32.1 Å². The largest absolute Gasteiger partial charge is 0.368 e. The van der Waals surface area contributed by atoms with E-state index < -0.39 is 5.60 Å². The molecule has 1 fully saturated rings. The highest BCUT2D eigenvalue weighted by molar-refractivity contribution is 5.87. The molecule has 2 aliphatic heterocycles. The Balaban J connectivity index is 1.32. The summed E-state index contributed by atoms with van der Waals surface area (Å²) in [6.07, 6.45) is 4.60. The first-order chi connectivity index (χ1) is 14.6. The second kappa shape index (κ2) is 7.36. The van der Waals surface area contributed by atoms with E-state index in [1.165, 1.54) is 0 Å². The lowest BCUT2D eigenvalue weighted by Crippen LogP contribution is -2.49. The maximum atomic E-state index is 13.0. The van der Waals surface area contributed by atoms with Crippen molar-refractivity contribution in [1.82, 2.24) is 25.1 Å². The minimum absolute atomic E-state index is 0.118. The van der Waals surface area contributed by atoms with Gasteiger partial charge in [0, 0.05) is 38.8 Å². The molecule has 1 spiro atoms. The molecule has 1 N–H and O–H groups in total. The number of nitrogens with one attached hydrogen (secondary N) is 1. The Morgan fingerprint density at radius 1 is 1.27 bits per heavy atom. The number of piperidine rings is 1. The summed E-state index contributed by atoms with van der Waals surface area (Å²) in [4.78, 5) is 26.1. The molecule has 1 aromatic carbocycles. The summed E-state index contributed by atoms with van der Waals surface area (Å²) in [5.74, 6) is 0.815. The molecule has 0 unspecified atom stereocenters. The first kappa shape index (κ1) is 19.0. The second-order valence-electron chi connectivity index (χ2n) is 8.31. The summed E-state index contributed by atoms with van der Waals surface area (Å²) in [6, 6.07) is 7.87. The van der Waals surface area contributed by atoms with Crippen LogP contribution in [-0.2, 0) is 28.0 Å². The Hall–Kier alpha value is -3.00. The molecule has 8 nitrogen and oxygen atoms in total. The summed E-state index contributed by atoms with van der Waals surface area (Å²) in [6.45, 7) is 1.99. The SMILES string of the molecule is CN(C)c1ncc2c(n1)C1(CCN(C(=O)Cc3[nH]nc4ccccc34)CC1)OCC2. The highest BCUT2D eigenvalue weighted by Gasteiger charge is 2.43. The summed E-state index contributed by atoms with van der Waals surface area (Å²) in [5, 5.41) is 8.34. The van der Waals surface area contributed by atoms with E-state index in [-0.39, 0.29) is 5.91 Å². The first-order valence-corrected chi connectivity index (χ1v) is 10.4. The van der Waals surface area contributed by atoms with Crippen LogP contribution in [0.2, 0.25) is 0 Å². The molecular weight excluding hydrogens is 380 g/mol. The van der Waals surface area contributed by atoms with Crippen molar-refractivity contribution in [2.24, 2.45) is 0 Å². The van der Waals surface area contributed by atoms with Gasteiger partial charge in [-0.15, -0.1) is 0 Å². The molecule has 2 aromatic heterocycles. The van der Waals surface area contributed by atoms with Crippen molar-refractivity contribution in [3.8, 4) is 0 Å². The van der Waals surface area contributed by atoms with Crippen molar-refractivity contribution < 1.29 is 9.53 Å². The molecule has 1 saturated heterocycles. The number of amides is 1. The summed E-state index contributed by atoms with van der Waals surface area (Å²) in [7, 11) is 3.89. The maximum Gasteiger partial charge on any atom is 0.228 e. The van der Waals surface area contributed by atoms with Crippen LogP contribution in [0.25, 0.3) is 10.9 Å². The van der Waals surface area contributed by atoms with Crippen molar-refractivity contribution in [1.29, 1.82) is 0 Å². The Bertz CT molecular complexity index is 1080. The molecule has 0 radical (unpaired) electrons. The molecule has 30 heavy (non-hydrogen) atoms. The van der Waals surface area contributed by atoms with Crippen molar-refractivity contribution in [3.05, 3.63) is 47.4 Å². The number of rotatable bonds is 3. The number of carbonyl (C=O) groups is 1. The monoisotopic (exact) mass is 406 g/mol. The van der Waals surface area contributed by atoms with Gasteiger partial charge in [0.1, 0.15) is 5.60 Å². The van der Waals surface area contributed by atoms with Crippen molar-refractivity contribution >= 4 is 22.8 Å². The molecule has 4 heterocycles. The molecule has 156 valence electrons. The van der Waals surface area contributed by atoms with Gasteiger partial charge in [0.2, 0.25) is 11.9 Å². The van der Waals surface area contributed by atoms with Gasteiger partial charge in [-0.2, -0.15) is 5.10 Å². The third-order valence-corrected chi connectivity index (χ3v) is 6.23. The standard InChI is InChI=1S/C22H26N6O2/c1-27(2)21-23-14-15-7-12-30-22(20(15)24-21)8-10-28(11-9-22)19(29)13-18-16-5-3-4-6-17(16)25-26-18/h3-6,14H,7-13H2,1-2H3,(H,25,26). The fraction of sp³-hybridized carbons (Fsp3) is 0.455. The quantitative estimate of drug-likeness (QED) is 0.716. The van der Waals surface area contributed by atoms with Gasteiger partial charge >= 0.3 is 0 Å². The van der Waals surface area contributed by atoms with E-state index in [9.17, 15) is 4.79 Å². The normalized spacial score (nSPS) is 17.9. The number of ether oxygens (including phenoxy) is 1. The van der Waals surface area contributed by atoms with Crippen LogP contribution in [0.5, 0.6) is 0 Å². The summed E-state index contributed by atoms with van der Waals surface area (Å²) >= 11 is 0. The van der Waals surface area contributed by atoms with Crippen LogP contribution in [0, 0.1) is 0 Å². The van der Waals surface area contributed by atoms with Gasteiger partial charge in [0.25, 0.3) is 0 Å². The number of likely N-dealkylation sites (tertiary alicyclic amines) is 1. The van der Waals surface area contributed by atoms with Crippen LogP contribution in [-0.4, -0.2) is 64.8 Å². The predicted octanol–water partition coefficient (Wildman–Crippen LogP) is 2.05. The van der Waals surface area contributed by atoms with Gasteiger partial charge < -0.3 is 14.5 Å². The highest BCUT2D eigenvalue weighted by atomic mass is 16.5. The van der Waals surface area contributed by atoms with E-state index in [1.807, 2.05) is 54.4 Å². The number of carbonyl (C=O) groups excluding carboxylic acids is 1. The van der Waals surface area contributed by atoms with E-state index in [2.05, 4.69) is 15.2 Å². The Morgan fingerprint density at radius 2 is 2.07 bits per heavy atom. The van der Waals surface area contributed by atoms with Crippen LogP contribution in [0.3, 0.4) is 0 Å². The van der Waals surface area contributed by atoms with Crippen LogP contribution >= 0.6 is 0 Å². The zero-order valence-corrected chi connectivity index (χ0v) is 17.4. The molecule has 0 bridgehead atoms. The van der Waals surface area contributed by atoms with E-state index in [4.69, 9.17) is 9.72 Å². The van der Waals surface area contributed by atoms with Gasteiger partial charge in [-0.25, -0.2) is 9.97 Å². The molecule has 8 heteroatoms.